The summed E-state index contributed by atoms with van der Waals surface area (Å²) >= 11 is 0. The fraction of sp³-hybridized carbons (Fsp3) is 0.261. The van der Waals surface area contributed by atoms with E-state index in [4.69, 9.17) is 0 Å². The Balaban J connectivity index is 1.31. The van der Waals surface area contributed by atoms with Crippen LogP contribution in [0, 0.1) is 6.92 Å². The third kappa shape index (κ3) is 4.21. The molecular formula is C23H26N6. The molecule has 4 rings (SSSR count). The van der Waals surface area contributed by atoms with Crippen LogP contribution < -0.4 is 10.6 Å². The summed E-state index contributed by atoms with van der Waals surface area (Å²) in [4.78, 5) is 13.4. The maximum absolute atomic E-state index is 4.63. The van der Waals surface area contributed by atoms with Crippen molar-refractivity contribution in [2.24, 2.45) is 4.99 Å². The zero-order valence-electron chi connectivity index (χ0n) is 16.9. The maximum atomic E-state index is 4.63. The molecule has 0 aliphatic rings. The number of hydrogen-bond acceptors (Lipinski definition) is 3. The second-order valence-corrected chi connectivity index (χ2v) is 6.99. The number of pyridine rings is 1. The Kier molecular flexibility index (Phi) is 5.70. The Morgan fingerprint density at radius 2 is 1.79 bits per heavy atom. The van der Waals surface area contributed by atoms with E-state index in [0.717, 1.165) is 42.3 Å². The van der Waals surface area contributed by atoms with E-state index < -0.39 is 0 Å². The van der Waals surface area contributed by atoms with Gasteiger partial charge in [0.1, 0.15) is 5.82 Å². The summed E-state index contributed by atoms with van der Waals surface area (Å²) in [5.41, 5.74) is 4.47. The predicted octanol–water partition coefficient (Wildman–Crippen LogP) is 3.65. The first-order valence-corrected chi connectivity index (χ1v) is 9.95. The standard InChI is InChI=1S/C23H26N6/c1-17-28-21-10-5-6-11-22(21)29(17)15-7-13-26-23(24-2)27-16-18-12-14-25-20-9-4-3-8-19(18)20/h3-6,8-12,14H,7,13,15-16H2,1-2H3,(H2,24,26,27). The summed E-state index contributed by atoms with van der Waals surface area (Å²) in [6.07, 6.45) is 2.84. The zero-order valence-corrected chi connectivity index (χ0v) is 16.9. The molecular weight excluding hydrogens is 360 g/mol. The summed E-state index contributed by atoms with van der Waals surface area (Å²) in [7, 11) is 1.80. The highest BCUT2D eigenvalue weighted by Crippen LogP contribution is 2.16. The Labute approximate surface area is 170 Å². The first kappa shape index (κ1) is 18.9. The summed E-state index contributed by atoms with van der Waals surface area (Å²) < 4.78 is 2.27. The van der Waals surface area contributed by atoms with Crippen LogP contribution >= 0.6 is 0 Å². The summed E-state index contributed by atoms with van der Waals surface area (Å²) in [5.74, 6) is 1.86. The molecule has 0 saturated carbocycles. The molecule has 0 fully saturated rings. The first-order chi connectivity index (χ1) is 14.3. The number of aryl methyl sites for hydroxylation is 2. The van der Waals surface area contributed by atoms with Crippen molar-refractivity contribution in [2.75, 3.05) is 13.6 Å². The van der Waals surface area contributed by atoms with Crippen molar-refractivity contribution < 1.29 is 0 Å². The van der Waals surface area contributed by atoms with Gasteiger partial charge in [-0.05, 0) is 43.2 Å². The maximum Gasteiger partial charge on any atom is 0.191 e. The van der Waals surface area contributed by atoms with E-state index in [0.29, 0.717) is 6.54 Å². The molecule has 0 bridgehead atoms. The lowest BCUT2D eigenvalue weighted by Crippen LogP contribution is -2.37. The van der Waals surface area contributed by atoms with Gasteiger partial charge in [-0.3, -0.25) is 9.98 Å². The molecule has 2 aromatic carbocycles. The summed E-state index contributed by atoms with van der Waals surface area (Å²) in [6, 6.07) is 18.5. The molecule has 4 aromatic rings. The molecule has 0 atom stereocenters. The van der Waals surface area contributed by atoms with E-state index >= 15 is 0 Å². The lowest BCUT2D eigenvalue weighted by Gasteiger charge is -2.13. The van der Waals surface area contributed by atoms with Crippen LogP contribution in [0.25, 0.3) is 21.9 Å². The molecule has 2 heterocycles. The summed E-state index contributed by atoms with van der Waals surface area (Å²) in [5, 5.41) is 7.98. The molecule has 6 heteroatoms. The average Bonchev–Trinajstić information content (AvgIpc) is 3.08. The molecule has 29 heavy (non-hydrogen) atoms. The minimum atomic E-state index is 0.702. The van der Waals surface area contributed by atoms with E-state index in [1.165, 1.54) is 16.5 Å². The van der Waals surface area contributed by atoms with Gasteiger partial charge in [-0.1, -0.05) is 30.3 Å². The SMILES string of the molecule is CN=C(NCCCn1c(C)nc2ccccc21)NCc1ccnc2ccccc12. The van der Waals surface area contributed by atoms with E-state index in [2.05, 4.69) is 67.4 Å². The van der Waals surface area contributed by atoms with Gasteiger partial charge in [-0.15, -0.1) is 0 Å². The zero-order chi connectivity index (χ0) is 20.1. The molecule has 0 aliphatic heterocycles. The van der Waals surface area contributed by atoms with Crippen LogP contribution in [-0.4, -0.2) is 34.1 Å². The average molecular weight is 387 g/mol. The Hall–Kier alpha value is -3.41. The van der Waals surface area contributed by atoms with E-state index in [1.54, 1.807) is 7.05 Å². The molecule has 0 unspecified atom stereocenters. The van der Waals surface area contributed by atoms with Crippen molar-refractivity contribution >= 4 is 27.9 Å². The largest absolute Gasteiger partial charge is 0.356 e. The van der Waals surface area contributed by atoms with Crippen LogP contribution in [0.2, 0.25) is 0 Å². The monoisotopic (exact) mass is 386 g/mol. The highest BCUT2D eigenvalue weighted by atomic mass is 15.2. The van der Waals surface area contributed by atoms with E-state index in [1.807, 2.05) is 30.5 Å². The molecule has 0 spiro atoms. The number of aliphatic imine (C=N–C) groups is 1. The molecule has 0 amide bonds. The number of aromatic nitrogens is 3. The normalized spacial score (nSPS) is 11.9. The second-order valence-electron chi connectivity index (χ2n) is 6.99. The van der Waals surface area contributed by atoms with Crippen molar-refractivity contribution in [2.45, 2.75) is 26.4 Å². The highest BCUT2D eigenvalue weighted by Gasteiger charge is 2.07. The van der Waals surface area contributed by atoms with Gasteiger partial charge >= 0.3 is 0 Å². The minimum Gasteiger partial charge on any atom is -0.356 e. The lowest BCUT2D eigenvalue weighted by molar-refractivity contribution is 0.624. The van der Waals surface area contributed by atoms with Crippen LogP contribution in [0.15, 0.2) is 65.8 Å². The van der Waals surface area contributed by atoms with Crippen molar-refractivity contribution in [3.8, 4) is 0 Å². The van der Waals surface area contributed by atoms with Crippen LogP contribution in [-0.2, 0) is 13.1 Å². The summed E-state index contributed by atoms with van der Waals surface area (Å²) in [6.45, 7) is 4.52. The first-order valence-electron chi connectivity index (χ1n) is 9.95. The van der Waals surface area contributed by atoms with Crippen molar-refractivity contribution in [3.63, 3.8) is 0 Å². The fourth-order valence-corrected chi connectivity index (χ4v) is 3.63. The number of nitrogens with zero attached hydrogens (tertiary/aromatic N) is 4. The predicted molar refractivity (Wildman–Crippen MR) is 119 cm³/mol. The van der Waals surface area contributed by atoms with Gasteiger partial charge in [0.2, 0.25) is 0 Å². The fourth-order valence-electron chi connectivity index (χ4n) is 3.63. The quantitative estimate of drug-likeness (QED) is 0.302. The molecule has 2 aromatic heterocycles. The number of benzene rings is 2. The van der Waals surface area contributed by atoms with Gasteiger partial charge < -0.3 is 15.2 Å². The lowest BCUT2D eigenvalue weighted by atomic mass is 10.1. The van der Waals surface area contributed by atoms with Crippen molar-refractivity contribution in [1.29, 1.82) is 0 Å². The molecule has 0 radical (unpaired) electrons. The molecule has 2 N–H and O–H groups in total. The van der Waals surface area contributed by atoms with Gasteiger partial charge in [0.05, 0.1) is 16.6 Å². The van der Waals surface area contributed by atoms with Crippen LogP contribution in [0.5, 0.6) is 0 Å². The van der Waals surface area contributed by atoms with Crippen molar-refractivity contribution in [1.82, 2.24) is 25.2 Å². The second kappa shape index (κ2) is 8.73. The van der Waals surface area contributed by atoms with E-state index in [-0.39, 0.29) is 0 Å². The number of rotatable bonds is 6. The number of imidazole rings is 1. The van der Waals surface area contributed by atoms with E-state index in [9.17, 15) is 0 Å². The van der Waals surface area contributed by atoms with Gasteiger partial charge in [0.25, 0.3) is 0 Å². The third-order valence-corrected chi connectivity index (χ3v) is 5.11. The van der Waals surface area contributed by atoms with Gasteiger partial charge in [-0.25, -0.2) is 4.98 Å². The van der Waals surface area contributed by atoms with Gasteiger partial charge in [0, 0.05) is 38.3 Å². The molecule has 0 aliphatic carbocycles. The number of para-hydroxylation sites is 3. The van der Waals surface area contributed by atoms with Crippen molar-refractivity contribution in [3.05, 3.63) is 72.2 Å². The smallest absolute Gasteiger partial charge is 0.191 e. The van der Waals surface area contributed by atoms with Crippen LogP contribution in [0.4, 0.5) is 0 Å². The topological polar surface area (TPSA) is 67.1 Å². The van der Waals surface area contributed by atoms with Crippen LogP contribution in [0.3, 0.4) is 0 Å². The number of nitrogens with one attached hydrogen (secondary N) is 2. The molecule has 6 nitrogen and oxygen atoms in total. The van der Waals surface area contributed by atoms with Gasteiger partial charge in [0.15, 0.2) is 5.96 Å². The number of fused-ring (bicyclic) bond motifs is 2. The number of hydrogen-bond donors (Lipinski definition) is 2. The molecule has 148 valence electrons. The molecule has 0 saturated heterocycles. The Morgan fingerprint density at radius 1 is 1.00 bits per heavy atom. The Bertz CT molecular complexity index is 1140. The van der Waals surface area contributed by atoms with Crippen LogP contribution in [0.1, 0.15) is 17.8 Å². The van der Waals surface area contributed by atoms with Gasteiger partial charge in [-0.2, -0.15) is 0 Å². The Morgan fingerprint density at radius 3 is 2.66 bits per heavy atom. The minimum absolute atomic E-state index is 0.702. The number of guanidine groups is 1. The third-order valence-electron chi connectivity index (χ3n) is 5.11. The highest BCUT2D eigenvalue weighted by molar-refractivity contribution is 5.83.